The van der Waals surface area contributed by atoms with Gasteiger partial charge in [-0.25, -0.2) is 0 Å². The molecule has 0 radical (unpaired) electrons. The number of benzene rings is 1. The second kappa shape index (κ2) is 5.77. The fraction of sp³-hybridized carbons (Fsp3) is 0.316. The van der Waals surface area contributed by atoms with Gasteiger partial charge in [0, 0.05) is 20.0 Å². The van der Waals surface area contributed by atoms with E-state index in [0.717, 1.165) is 16.1 Å². The molecule has 0 saturated heterocycles. The molecule has 2 heterocycles. The molecule has 2 nitrogen and oxygen atoms in total. The van der Waals surface area contributed by atoms with E-state index in [0.29, 0.717) is 0 Å². The molecule has 3 aromatic rings. The number of carbonyl (C=O) groups is 1. The number of nitrogens with one attached hydrogen (secondary N) is 1. The Bertz CT molecular complexity index is 863. The third-order valence-electron chi connectivity index (χ3n) is 3.85. The number of carbonyl (C=O) groups excluding carboxylic acids is 1. The van der Waals surface area contributed by atoms with Gasteiger partial charge in [0.1, 0.15) is 0 Å². The Morgan fingerprint density at radius 3 is 2.26 bits per heavy atom. The second-order valence-corrected chi connectivity index (χ2v) is 9.03. The Morgan fingerprint density at radius 1 is 1.04 bits per heavy atom. The molecule has 0 aliphatic rings. The average molecular weight is 344 g/mol. The van der Waals surface area contributed by atoms with E-state index in [1.165, 1.54) is 19.8 Å². The van der Waals surface area contributed by atoms with E-state index >= 15 is 0 Å². The molecular formula is C19H21NOS2. The smallest absolute Gasteiger partial charge is 0.266 e. The van der Waals surface area contributed by atoms with Crippen molar-refractivity contribution in [3.63, 3.8) is 0 Å². The first-order valence-corrected chi connectivity index (χ1v) is 9.30. The topological polar surface area (TPSA) is 29.1 Å². The number of anilines is 1. The number of thiophene rings is 2. The van der Waals surface area contributed by atoms with E-state index in [9.17, 15) is 4.79 Å². The third kappa shape index (κ3) is 3.19. The van der Waals surface area contributed by atoms with Crippen LogP contribution >= 0.6 is 22.7 Å². The lowest BCUT2D eigenvalue weighted by Gasteiger charge is -2.15. The Balaban J connectivity index is 1.90. The average Bonchev–Trinajstić information content (AvgIpc) is 3.01. The van der Waals surface area contributed by atoms with Crippen LogP contribution in [0.3, 0.4) is 0 Å². The highest BCUT2D eigenvalue weighted by molar-refractivity contribution is 7.29. The number of fused-ring (bicyclic) bond motifs is 1. The van der Waals surface area contributed by atoms with Crippen LogP contribution in [0.2, 0.25) is 0 Å². The van der Waals surface area contributed by atoms with E-state index < -0.39 is 0 Å². The number of aryl methyl sites for hydroxylation is 2. The summed E-state index contributed by atoms with van der Waals surface area (Å²) in [6.07, 6.45) is 0. The van der Waals surface area contributed by atoms with Gasteiger partial charge in [0.15, 0.2) is 0 Å². The van der Waals surface area contributed by atoms with Gasteiger partial charge in [-0.3, -0.25) is 4.79 Å². The van der Waals surface area contributed by atoms with Crippen molar-refractivity contribution in [2.24, 2.45) is 0 Å². The minimum absolute atomic E-state index is 0.0166. The SMILES string of the molecule is Cc1ccc(NC(=O)c2sc3cc(C(C)(C)C)sc3c2C)cc1. The molecule has 0 bridgehead atoms. The van der Waals surface area contributed by atoms with Crippen molar-refractivity contribution in [1.29, 1.82) is 0 Å². The van der Waals surface area contributed by atoms with Gasteiger partial charge in [-0.15, -0.1) is 22.7 Å². The molecule has 120 valence electrons. The highest BCUT2D eigenvalue weighted by atomic mass is 32.1. The quantitative estimate of drug-likeness (QED) is 0.596. The lowest BCUT2D eigenvalue weighted by atomic mass is 9.95. The van der Waals surface area contributed by atoms with E-state index in [1.807, 2.05) is 49.4 Å². The molecule has 0 aliphatic heterocycles. The second-order valence-electron chi connectivity index (χ2n) is 6.93. The Labute approximate surface area is 145 Å². The number of rotatable bonds is 2. The van der Waals surface area contributed by atoms with Crippen molar-refractivity contribution in [3.05, 3.63) is 51.2 Å². The standard InChI is InChI=1S/C19H21NOS2/c1-11-6-8-13(9-7-11)20-18(21)17-12(2)16-14(22-17)10-15(23-16)19(3,4)5/h6-10H,1-5H3,(H,20,21). The number of hydrogen-bond acceptors (Lipinski definition) is 3. The highest BCUT2D eigenvalue weighted by Gasteiger charge is 2.22. The zero-order chi connectivity index (χ0) is 16.8. The van der Waals surface area contributed by atoms with Crippen LogP contribution in [0.1, 0.15) is 46.4 Å². The summed E-state index contributed by atoms with van der Waals surface area (Å²) in [4.78, 5) is 14.8. The van der Waals surface area contributed by atoms with E-state index in [4.69, 9.17) is 0 Å². The van der Waals surface area contributed by atoms with Gasteiger partial charge in [0.2, 0.25) is 0 Å². The molecular weight excluding hydrogens is 322 g/mol. The first kappa shape index (κ1) is 16.2. The van der Waals surface area contributed by atoms with Crippen molar-refractivity contribution in [3.8, 4) is 0 Å². The van der Waals surface area contributed by atoms with Crippen molar-refractivity contribution >= 4 is 43.7 Å². The summed E-state index contributed by atoms with van der Waals surface area (Å²) in [7, 11) is 0. The van der Waals surface area contributed by atoms with Gasteiger partial charge in [-0.05, 0) is 43.0 Å². The first-order chi connectivity index (χ1) is 10.8. The largest absolute Gasteiger partial charge is 0.321 e. The predicted molar refractivity (Wildman–Crippen MR) is 102 cm³/mol. The van der Waals surface area contributed by atoms with Gasteiger partial charge in [-0.2, -0.15) is 0 Å². The molecule has 0 fully saturated rings. The summed E-state index contributed by atoms with van der Waals surface area (Å²) in [6, 6.07) is 10.1. The van der Waals surface area contributed by atoms with Gasteiger partial charge in [-0.1, -0.05) is 38.5 Å². The van der Waals surface area contributed by atoms with E-state index in [-0.39, 0.29) is 11.3 Å². The normalized spacial score (nSPS) is 11.9. The first-order valence-electron chi connectivity index (χ1n) is 7.67. The molecule has 0 atom stereocenters. The Kier molecular flexibility index (Phi) is 4.07. The van der Waals surface area contributed by atoms with Crippen molar-refractivity contribution in [1.82, 2.24) is 0 Å². The van der Waals surface area contributed by atoms with Gasteiger partial charge in [0.05, 0.1) is 4.88 Å². The summed E-state index contributed by atoms with van der Waals surface area (Å²) in [5, 5.41) is 3.00. The van der Waals surface area contributed by atoms with Crippen molar-refractivity contribution < 1.29 is 4.79 Å². The molecule has 1 aromatic carbocycles. The van der Waals surface area contributed by atoms with E-state index in [2.05, 4.69) is 32.2 Å². The summed E-state index contributed by atoms with van der Waals surface area (Å²) in [6.45, 7) is 10.8. The third-order valence-corrected chi connectivity index (χ3v) is 6.89. The summed E-state index contributed by atoms with van der Waals surface area (Å²) < 4.78 is 2.46. The molecule has 1 amide bonds. The fourth-order valence-electron chi connectivity index (χ4n) is 2.41. The fourth-order valence-corrected chi connectivity index (χ4v) is 4.96. The monoisotopic (exact) mass is 343 g/mol. The maximum absolute atomic E-state index is 12.6. The molecule has 0 saturated carbocycles. The van der Waals surface area contributed by atoms with Gasteiger partial charge >= 0.3 is 0 Å². The van der Waals surface area contributed by atoms with Crippen LogP contribution < -0.4 is 5.32 Å². The molecule has 4 heteroatoms. The summed E-state index contributed by atoms with van der Waals surface area (Å²) >= 11 is 3.40. The zero-order valence-corrected chi connectivity index (χ0v) is 15.7. The van der Waals surface area contributed by atoms with Crippen molar-refractivity contribution in [2.45, 2.75) is 40.0 Å². The van der Waals surface area contributed by atoms with Crippen molar-refractivity contribution in [2.75, 3.05) is 5.32 Å². The lowest BCUT2D eigenvalue weighted by molar-refractivity contribution is 0.103. The van der Waals surface area contributed by atoms with Crippen LogP contribution in [0.4, 0.5) is 5.69 Å². The predicted octanol–water partition coefficient (Wildman–Crippen LogP) is 6.13. The minimum Gasteiger partial charge on any atom is -0.321 e. The molecule has 0 aliphatic carbocycles. The molecule has 0 spiro atoms. The van der Waals surface area contributed by atoms with Crippen LogP contribution in [0, 0.1) is 13.8 Å². The maximum atomic E-state index is 12.6. The van der Waals surface area contributed by atoms with Gasteiger partial charge < -0.3 is 5.32 Å². The van der Waals surface area contributed by atoms with Crippen LogP contribution in [-0.4, -0.2) is 5.91 Å². The number of hydrogen-bond donors (Lipinski definition) is 1. The highest BCUT2D eigenvalue weighted by Crippen LogP contribution is 2.41. The molecule has 0 unspecified atom stereocenters. The Morgan fingerprint density at radius 2 is 1.70 bits per heavy atom. The van der Waals surface area contributed by atoms with Crippen LogP contribution in [0.25, 0.3) is 9.40 Å². The van der Waals surface area contributed by atoms with Crippen LogP contribution in [0.15, 0.2) is 30.3 Å². The maximum Gasteiger partial charge on any atom is 0.266 e. The number of amides is 1. The molecule has 1 N–H and O–H groups in total. The van der Waals surface area contributed by atoms with Gasteiger partial charge in [0.25, 0.3) is 5.91 Å². The molecule has 3 rings (SSSR count). The summed E-state index contributed by atoms with van der Waals surface area (Å²) in [5.74, 6) is -0.0166. The van der Waals surface area contributed by atoms with Crippen LogP contribution in [-0.2, 0) is 5.41 Å². The zero-order valence-electron chi connectivity index (χ0n) is 14.1. The Hall–Kier alpha value is -1.65. The minimum atomic E-state index is -0.0166. The van der Waals surface area contributed by atoms with E-state index in [1.54, 1.807) is 11.3 Å². The lowest BCUT2D eigenvalue weighted by Crippen LogP contribution is -2.11. The molecule has 23 heavy (non-hydrogen) atoms. The van der Waals surface area contributed by atoms with Crippen LogP contribution in [0.5, 0.6) is 0 Å². The summed E-state index contributed by atoms with van der Waals surface area (Å²) in [5.41, 5.74) is 3.27. The molecule has 2 aromatic heterocycles.